The van der Waals surface area contributed by atoms with Crippen molar-refractivity contribution in [3.8, 4) is 5.75 Å². The molecule has 4 heteroatoms. The summed E-state index contributed by atoms with van der Waals surface area (Å²) in [7, 11) is 0. The van der Waals surface area contributed by atoms with Crippen LogP contribution in [0.1, 0.15) is 26.4 Å². The summed E-state index contributed by atoms with van der Waals surface area (Å²) >= 11 is 1.43. The van der Waals surface area contributed by atoms with Crippen molar-refractivity contribution in [1.29, 1.82) is 0 Å². The van der Waals surface area contributed by atoms with Gasteiger partial charge < -0.3 is 10.1 Å². The third-order valence-electron chi connectivity index (χ3n) is 3.51. The van der Waals surface area contributed by atoms with Gasteiger partial charge in [0, 0.05) is 11.3 Å². The van der Waals surface area contributed by atoms with E-state index in [4.69, 9.17) is 4.74 Å². The highest BCUT2D eigenvalue weighted by molar-refractivity contribution is 7.12. The van der Waals surface area contributed by atoms with Crippen molar-refractivity contribution < 1.29 is 9.53 Å². The van der Waals surface area contributed by atoms with Crippen LogP contribution in [0.5, 0.6) is 5.75 Å². The Hall–Kier alpha value is -2.59. The van der Waals surface area contributed by atoms with Crippen LogP contribution in [0, 0.1) is 13.8 Å². The molecule has 0 bridgehead atoms. The zero-order chi connectivity index (χ0) is 16.9. The molecule has 1 N–H and O–H groups in total. The predicted molar refractivity (Wildman–Crippen MR) is 99.0 cm³/mol. The fourth-order valence-electron chi connectivity index (χ4n) is 2.47. The molecule has 0 unspecified atom stereocenters. The zero-order valence-corrected chi connectivity index (χ0v) is 14.5. The maximum absolute atomic E-state index is 12.2. The lowest BCUT2D eigenvalue weighted by molar-refractivity contribution is 0.103. The molecule has 3 nitrogen and oxygen atoms in total. The monoisotopic (exact) mass is 337 g/mol. The van der Waals surface area contributed by atoms with E-state index in [0.29, 0.717) is 11.5 Å². The van der Waals surface area contributed by atoms with Gasteiger partial charge in [-0.1, -0.05) is 24.3 Å². The van der Waals surface area contributed by atoms with Crippen molar-refractivity contribution in [2.75, 3.05) is 5.32 Å². The van der Waals surface area contributed by atoms with Crippen molar-refractivity contribution >= 4 is 22.9 Å². The number of hydrogen-bond acceptors (Lipinski definition) is 3. The number of benzene rings is 2. The predicted octanol–water partition coefficient (Wildman–Crippen LogP) is 5.20. The maximum Gasteiger partial charge on any atom is 0.265 e. The topological polar surface area (TPSA) is 38.3 Å². The minimum atomic E-state index is -0.0937. The van der Waals surface area contributed by atoms with Gasteiger partial charge in [-0.15, -0.1) is 11.3 Å². The van der Waals surface area contributed by atoms with E-state index in [2.05, 4.69) is 25.2 Å². The fourth-order valence-corrected chi connectivity index (χ4v) is 3.26. The van der Waals surface area contributed by atoms with Crippen molar-refractivity contribution in [2.45, 2.75) is 20.5 Å². The van der Waals surface area contributed by atoms with E-state index in [0.717, 1.165) is 17.0 Å². The van der Waals surface area contributed by atoms with E-state index >= 15 is 0 Å². The molecule has 0 fully saturated rings. The number of aryl methyl sites for hydroxylation is 2. The highest BCUT2D eigenvalue weighted by atomic mass is 32.1. The van der Waals surface area contributed by atoms with Gasteiger partial charge in [0.1, 0.15) is 12.4 Å². The highest BCUT2D eigenvalue weighted by Gasteiger charge is 2.10. The average Bonchev–Trinajstić information content (AvgIpc) is 3.02. The SMILES string of the molecule is Cc1cc(C)cc(OCc2csc(C(=O)Nc3ccccc3)c2)c1. The quantitative estimate of drug-likeness (QED) is 0.695. The van der Waals surface area contributed by atoms with Crippen LogP contribution >= 0.6 is 11.3 Å². The Morgan fingerprint density at radius 1 is 1.04 bits per heavy atom. The summed E-state index contributed by atoms with van der Waals surface area (Å²) in [5.41, 5.74) is 4.15. The second-order valence-electron chi connectivity index (χ2n) is 5.75. The molecular weight excluding hydrogens is 318 g/mol. The van der Waals surface area contributed by atoms with E-state index in [-0.39, 0.29) is 5.91 Å². The fraction of sp³-hybridized carbons (Fsp3) is 0.150. The number of rotatable bonds is 5. The van der Waals surface area contributed by atoms with Gasteiger partial charge in [-0.05, 0) is 60.7 Å². The Bertz CT molecular complexity index is 820. The van der Waals surface area contributed by atoms with Crippen LogP contribution in [0.2, 0.25) is 0 Å². The summed E-state index contributed by atoms with van der Waals surface area (Å²) in [6.07, 6.45) is 0. The normalized spacial score (nSPS) is 10.4. The summed E-state index contributed by atoms with van der Waals surface area (Å²) in [6.45, 7) is 4.56. The third-order valence-corrected chi connectivity index (χ3v) is 4.49. The van der Waals surface area contributed by atoms with Gasteiger partial charge in [-0.3, -0.25) is 4.79 Å². The average molecular weight is 337 g/mol. The Kier molecular flexibility index (Phi) is 4.96. The first-order valence-corrected chi connectivity index (χ1v) is 8.63. The summed E-state index contributed by atoms with van der Waals surface area (Å²) in [4.78, 5) is 12.9. The van der Waals surface area contributed by atoms with Crippen LogP contribution in [0.15, 0.2) is 60.0 Å². The second kappa shape index (κ2) is 7.32. The third kappa shape index (κ3) is 4.24. The number of nitrogens with one attached hydrogen (secondary N) is 1. The number of thiophene rings is 1. The van der Waals surface area contributed by atoms with Gasteiger partial charge in [0.15, 0.2) is 0 Å². The largest absolute Gasteiger partial charge is 0.489 e. The molecule has 1 amide bonds. The minimum absolute atomic E-state index is 0.0937. The molecule has 2 aromatic carbocycles. The maximum atomic E-state index is 12.2. The van der Waals surface area contributed by atoms with Gasteiger partial charge >= 0.3 is 0 Å². The van der Waals surface area contributed by atoms with E-state index in [9.17, 15) is 4.79 Å². The number of para-hydroxylation sites is 1. The Morgan fingerprint density at radius 2 is 1.75 bits per heavy atom. The molecule has 0 atom stereocenters. The molecular formula is C20H19NO2S. The van der Waals surface area contributed by atoms with E-state index in [1.807, 2.05) is 53.9 Å². The number of carbonyl (C=O) groups excluding carboxylic acids is 1. The standard InChI is InChI=1S/C20H19NO2S/c1-14-8-15(2)10-18(9-14)23-12-16-11-19(24-13-16)20(22)21-17-6-4-3-5-7-17/h3-11,13H,12H2,1-2H3,(H,21,22). The van der Waals surface area contributed by atoms with Crippen LogP contribution in [0.25, 0.3) is 0 Å². The Balaban J connectivity index is 1.62. The highest BCUT2D eigenvalue weighted by Crippen LogP contribution is 2.21. The van der Waals surface area contributed by atoms with E-state index in [1.165, 1.54) is 22.5 Å². The molecule has 122 valence electrons. The lowest BCUT2D eigenvalue weighted by Crippen LogP contribution is -2.09. The summed E-state index contributed by atoms with van der Waals surface area (Å²) < 4.78 is 5.84. The molecule has 0 aliphatic rings. The van der Waals surface area contributed by atoms with Crippen LogP contribution in [-0.4, -0.2) is 5.91 Å². The molecule has 1 aromatic heterocycles. The van der Waals surface area contributed by atoms with Gasteiger partial charge in [0.05, 0.1) is 4.88 Å². The van der Waals surface area contributed by atoms with Crippen molar-refractivity contribution in [3.05, 3.63) is 81.5 Å². The number of anilines is 1. The van der Waals surface area contributed by atoms with Gasteiger partial charge in [0.2, 0.25) is 0 Å². The second-order valence-corrected chi connectivity index (χ2v) is 6.66. The molecule has 24 heavy (non-hydrogen) atoms. The van der Waals surface area contributed by atoms with Gasteiger partial charge in [-0.25, -0.2) is 0 Å². The zero-order valence-electron chi connectivity index (χ0n) is 13.7. The summed E-state index contributed by atoms with van der Waals surface area (Å²) in [5, 5.41) is 4.85. The molecule has 3 aromatic rings. The molecule has 0 radical (unpaired) electrons. The molecule has 1 heterocycles. The summed E-state index contributed by atoms with van der Waals surface area (Å²) in [6, 6.07) is 17.5. The van der Waals surface area contributed by atoms with E-state index < -0.39 is 0 Å². The van der Waals surface area contributed by atoms with Crippen LogP contribution in [0.4, 0.5) is 5.69 Å². The first-order valence-electron chi connectivity index (χ1n) is 7.75. The first-order chi connectivity index (χ1) is 11.6. The number of ether oxygens (including phenoxy) is 1. The van der Waals surface area contributed by atoms with Crippen molar-refractivity contribution in [1.82, 2.24) is 0 Å². The first kappa shape index (κ1) is 16.3. The Morgan fingerprint density at radius 3 is 2.46 bits per heavy atom. The number of amides is 1. The number of hydrogen-bond donors (Lipinski definition) is 1. The number of carbonyl (C=O) groups is 1. The van der Waals surface area contributed by atoms with Crippen molar-refractivity contribution in [2.24, 2.45) is 0 Å². The van der Waals surface area contributed by atoms with Crippen LogP contribution < -0.4 is 10.1 Å². The minimum Gasteiger partial charge on any atom is -0.489 e. The van der Waals surface area contributed by atoms with Crippen LogP contribution in [0.3, 0.4) is 0 Å². The molecule has 0 aliphatic carbocycles. The van der Waals surface area contributed by atoms with Gasteiger partial charge in [-0.2, -0.15) is 0 Å². The molecule has 3 rings (SSSR count). The smallest absolute Gasteiger partial charge is 0.265 e. The Labute approximate surface area is 145 Å². The van der Waals surface area contributed by atoms with Crippen LogP contribution in [-0.2, 0) is 6.61 Å². The lowest BCUT2D eigenvalue weighted by atomic mass is 10.1. The van der Waals surface area contributed by atoms with Gasteiger partial charge in [0.25, 0.3) is 5.91 Å². The lowest BCUT2D eigenvalue weighted by Gasteiger charge is -2.07. The molecule has 0 spiro atoms. The van der Waals surface area contributed by atoms with E-state index in [1.54, 1.807) is 0 Å². The molecule has 0 saturated carbocycles. The van der Waals surface area contributed by atoms with Crippen molar-refractivity contribution in [3.63, 3.8) is 0 Å². The summed E-state index contributed by atoms with van der Waals surface area (Å²) in [5.74, 6) is 0.762. The molecule has 0 saturated heterocycles. The molecule has 0 aliphatic heterocycles.